The summed E-state index contributed by atoms with van der Waals surface area (Å²) >= 11 is 0. The number of hydrogen-bond donors (Lipinski definition) is 0. The molecule has 0 bridgehead atoms. The van der Waals surface area contributed by atoms with E-state index in [1.165, 1.54) is 24.1 Å². The minimum Gasteiger partial charge on any atom is -0.272 e. The van der Waals surface area contributed by atoms with Crippen molar-refractivity contribution in [1.82, 2.24) is 9.78 Å². The van der Waals surface area contributed by atoms with Crippen LogP contribution in [0.25, 0.3) is 0 Å². The topological polar surface area (TPSA) is 17.8 Å². The molecule has 1 aromatic heterocycles. The molecule has 2 rings (SSSR count). The molecule has 1 aliphatic carbocycles. The van der Waals surface area contributed by atoms with E-state index in [4.69, 9.17) is 0 Å². The molecule has 66 valence electrons. The van der Waals surface area contributed by atoms with Gasteiger partial charge < -0.3 is 0 Å². The van der Waals surface area contributed by atoms with Crippen LogP contribution in [0, 0.1) is 12.8 Å². The van der Waals surface area contributed by atoms with E-state index >= 15 is 0 Å². The smallest absolute Gasteiger partial charge is 0.0625 e. The van der Waals surface area contributed by atoms with Crippen molar-refractivity contribution in [3.05, 3.63) is 17.5 Å². The van der Waals surface area contributed by atoms with Gasteiger partial charge in [0.15, 0.2) is 0 Å². The molecule has 12 heavy (non-hydrogen) atoms. The minimum atomic E-state index is 0.925. The molecular formula is C10H16N2. The Labute approximate surface area is 73.6 Å². The summed E-state index contributed by atoms with van der Waals surface area (Å²) in [7, 11) is 0. The molecule has 2 heteroatoms. The van der Waals surface area contributed by atoms with Gasteiger partial charge in [0.2, 0.25) is 0 Å². The van der Waals surface area contributed by atoms with Crippen molar-refractivity contribution in [2.24, 2.45) is 5.92 Å². The quantitative estimate of drug-likeness (QED) is 0.669. The van der Waals surface area contributed by atoms with Crippen molar-refractivity contribution in [2.45, 2.75) is 39.7 Å². The molecular weight excluding hydrogens is 148 g/mol. The standard InChI is InChI=1S/C10H16N2/c1-3-10-7-12(11-8(10)2)6-9-4-5-9/h7,9H,3-6H2,1-2H3. The highest BCUT2D eigenvalue weighted by atomic mass is 15.3. The van der Waals surface area contributed by atoms with E-state index in [2.05, 4.69) is 29.8 Å². The first kappa shape index (κ1) is 7.84. The first-order valence-electron chi connectivity index (χ1n) is 4.82. The second kappa shape index (κ2) is 2.92. The molecule has 0 atom stereocenters. The third-order valence-corrected chi connectivity index (χ3v) is 2.57. The molecule has 1 saturated carbocycles. The molecule has 2 nitrogen and oxygen atoms in total. The molecule has 1 heterocycles. The van der Waals surface area contributed by atoms with Gasteiger partial charge in [0.1, 0.15) is 0 Å². The van der Waals surface area contributed by atoms with Crippen LogP contribution in [0.1, 0.15) is 31.0 Å². The zero-order valence-corrected chi connectivity index (χ0v) is 7.88. The third-order valence-electron chi connectivity index (χ3n) is 2.57. The highest BCUT2D eigenvalue weighted by Gasteiger charge is 2.22. The lowest BCUT2D eigenvalue weighted by Crippen LogP contribution is -1.99. The molecule has 1 fully saturated rings. The Morgan fingerprint density at radius 1 is 1.58 bits per heavy atom. The Balaban J connectivity index is 2.10. The molecule has 1 aromatic rings. The van der Waals surface area contributed by atoms with Gasteiger partial charge in [-0.1, -0.05) is 6.92 Å². The normalized spacial score (nSPS) is 16.8. The number of aromatic nitrogens is 2. The van der Waals surface area contributed by atoms with Crippen LogP contribution < -0.4 is 0 Å². The van der Waals surface area contributed by atoms with Crippen molar-refractivity contribution >= 4 is 0 Å². The SMILES string of the molecule is CCc1cn(CC2CC2)nc1C. The number of hydrogen-bond acceptors (Lipinski definition) is 1. The Kier molecular flexibility index (Phi) is 1.91. The summed E-state index contributed by atoms with van der Waals surface area (Å²) in [6, 6.07) is 0. The van der Waals surface area contributed by atoms with Gasteiger partial charge in [-0.25, -0.2) is 0 Å². The van der Waals surface area contributed by atoms with Gasteiger partial charge in [-0.2, -0.15) is 5.10 Å². The summed E-state index contributed by atoms with van der Waals surface area (Å²) in [4.78, 5) is 0. The highest BCUT2D eigenvalue weighted by Crippen LogP contribution is 2.30. The van der Waals surface area contributed by atoms with Crippen LogP contribution in [-0.4, -0.2) is 9.78 Å². The second-order valence-electron chi connectivity index (χ2n) is 3.76. The van der Waals surface area contributed by atoms with Crippen LogP contribution in [0.15, 0.2) is 6.20 Å². The van der Waals surface area contributed by atoms with Crippen LogP contribution in [0.2, 0.25) is 0 Å². The van der Waals surface area contributed by atoms with Crippen LogP contribution in [-0.2, 0) is 13.0 Å². The molecule has 0 unspecified atom stereocenters. The largest absolute Gasteiger partial charge is 0.272 e. The van der Waals surface area contributed by atoms with Gasteiger partial charge >= 0.3 is 0 Å². The fourth-order valence-electron chi connectivity index (χ4n) is 1.56. The lowest BCUT2D eigenvalue weighted by Gasteiger charge is -1.95. The molecule has 1 aliphatic rings. The Bertz CT molecular complexity index is 271. The zero-order chi connectivity index (χ0) is 8.55. The fourth-order valence-corrected chi connectivity index (χ4v) is 1.56. The summed E-state index contributed by atoms with van der Waals surface area (Å²) in [6.45, 7) is 5.43. The van der Waals surface area contributed by atoms with Crippen LogP contribution >= 0.6 is 0 Å². The molecule has 0 amide bonds. The maximum Gasteiger partial charge on any atom is 0.0625 e. The van der Waals surface area contributed by atoms with Gasteiger partial charge in [-0.15, -0.1) is 0 Å². The van der Waals surface area contributed by atoms with Crippen molar-refractivity contribution in [1.29, 1.82) is 0 Å². The molecule has 0 saturated heterocycles. The number of nitrogens with zero attached hydrogens (tertiary/aromatic N) is 2. The van der Waals surface area contributed by atoms with Gasteiger partial charge in [-0.05, 0) is 37.7 Å². The van der Waals surface area contributed by atoms with E-state index < -0.39 is 0 Å². The van der Waals surface area contributed by atoms with Crippen LogP contribution in [0.3, 0.4) is 0 Å². The van der Waals surface area contributed by atoms with Gasteiger partial charge in [-0.3, -0.25) is 4.68 Å². The summed E-state index contributed by atoms with van der Waals surface area (Å²) in [5, 5.41) is 4.48. The summed E-state index contributed by atoms with van der Waals surface area (Å²) < 4.78 is 2.12. The van der Waals surface area contributed by atoms with E-state index in [1.807, 2.05) is 0 Å². The Morgan fingerprint density at radius 3 is 2.83 bits per heavy atom. The first-order chi connectivity index (χ1) is 5.79. The lowest BCUT2D eigenvalue weighted by molar-refractivity contribution is 0.559. The van der Waals surface area contributed by atoms with E-state index in [0.717, 1.165) is 18.9 Å². The number of aryl methyl sites for hydroxylation is 2. The monoisotopic (exact) mass is 164 g/mol. The first-order valence-corrected chi connectivity index (χ1v) is 4.82. The van der Waals surface area contributed by atoms with Gasteiger partial charge in [0.05, 0.1) is 5.69 Å². The third kappa shape index (κ3) is 1.52. The molecule has 0 spiro atoms. The second-order valence-corrected chi connectivity index (χ2v) is 3.76. The predicted octanol–water partition coefficient (Wildman–Crippen LogP) is 2.16. The minimum absolute atomic E-state index is 0.925. The average molecular weight is 164 g/mol. The summed E-state index contributed by atoms with van der Waals surface area (Å²) in [5.41, 5.74) is 2.61. The molecule has 0 radical (unpaired) electrons. The lowest BCUT2D eigenvalue weighted by atomic mass is 10.2. The van der Waals surface area contributed by atoms with Crippen LogP contribution in [0.4, 0.5) is 0 Å². The summed E-state index contributed by atoms with van der Waals surface area (Å²) in [6.07, 6.45) is 6.12. The van der Waals surface area contributed by atoms with E-state index in [1.54, 1.807) is 0 Å². The number of rotatable bonds is 3. The van der Waals surface area contributed by atoms with Gasteiger partial charge in [0, 0.05) is 12.7 Å². The molecule has 0 aliphatic heterocycles. The summed E-state index contributed by atoms with van der Waals surface area (Å²) in [5.74, 6) is 0.925. The predicted molar refractivity (Wildman–Crippen MR) is 49.1 cm³/mol. The highest BCUT2D eigenvalue weighted by molar-refractivity contribution is 5.14. The maximum absolute atomic E-state index is 4.48. The van der Waals surface area contributed by atoms with Crippen molar-refractivity contribution < 1.29 is 0 Å². The molecule has 0 aromatic carbocycles. The fraction of sp³-hybridized carbons (Fsp3) is 0.700. The van der Waals surface area contributed by atoms with E-state index in [9.17, 15) is 0 Å². The van der Waals surface area contributed by atoms with Gasteiger partial charge in [0.25, 0.3) is 0 Å². The van der Waals surface area contributed by atoms with E-state index in [-0.39, 0.29) is 0 Å². The maximum atomic E-state index is 4.48. The van der Waals surface area contributed by atoms with Crippen molar-refractivity contribution in [3.63, 3.8) is 0 Å². The molecule has 0 N–H and O–H groups in total. The van der Waals surface area contributed by atoms with Crippen molar-refractivity contribution in [3.8, 4) is 0 Å². The Hall–Kier alpha value is -0.790. The van der Waals surface area contributed by atoms with E-state index in [0.29, 0.717) is 0 Å². The van der Waals surface area contributed by atoms with Crippen molar-refractivity contribution in [2.75, 3.05) is 0 Å². The van der Waals surface area contributed by atoms with Crippen LogP contribution in [0.5, 0.6) is 0 Å². The average Bonchev–Trinajstić information content (AvgIpc) is 2.76. The Morgan fingerprint density at radius 2 is 2.33 bits per heavy atom. The zero-order valence-electron chi connectivity index (χ0n) is 7.88.